The van der Waals surface area contributed by atoms with Crippen LogP contribution in [0.15, 0.2) is 18.2 Å². The first-order chi connectivity index (χ1) is 13.9. The Labute approximate surface area is 168 Å². The van der Waals surface area contributed by atoms with E-state index in [4.69, 9.17) is 9.84 Å². The zero-order chi connectivity index (χ0) is 20.5. The number of imide groups is 1. The number of nitrogens with one attached hydrogen (secondary N) is 1. The molecule has 2 N–H and O–H groups in total. The predicted octanol–water partition coefficient (Wildman–Crippen LogP) is 1.26. The maximum absolute atomic E-state index is 12.8. The highest BCUT2D eigenvalue weighted by molar-refractivity contribution is 6.05. The van der Waals surface area contributed by atoms with Crippen molar-refractivity contribution in [2.24, 2.45) is 5.92 Å². The number of rotatable bonds is 7. The number of carbonyl (C=O) groups excluding carboxylic acids is 3. The minimum absolute atomic E-state index is 0.0298. The molecule has 8 nitrogen and oxygen atoms in total. The lowest BCUT2D eigenvalue weighted by atomic mass is 9.82. The summed E-state index contributed by atoms with van der Waals surface area (Å²) in [5.41, 5.74) is 2.62. The van der Waals surface area contributed by atoms with Crippen LogP contribution in [-0.2, 0) is 32.1 Å². The van der Waals surface area contributed by atoms with Gasteiger partial charge in [0.2, 0.25) is 11.8 Å². The SMILES string of the molecule is O=C1CCC(N2Cc3c(CCCO[C@H]4C[C@@H](C(=O)O)C4)cccc3C2=O)C(=O)N1. The van der Waals surface area contributed by atoms with Crippen LogP contribution in [0.1, 0.15) is 53.6 Å². The minimum atomic E-state index is -0.755. The van der Waals surface area contributed by atoms with Crippen molar-refractivity contribution in [3.8, 4) is 0 Å². The number of carbonyl (C=O) groups is 4. The Bertz CT molecular complexity index is 861. The fraction of sp³-hybridized carbons (Fsp3) is 0.524. The molecule has 3 amide bonds. The molecule has 1 aromatic rings. The summed E-state index contributed by atoms with van der Waals surface area (Å²) in [5, 5.41) is 11.2. The predicted molar refractivity (Wildman–Crippen MR) is 101 cm³/mol. The summed E-state index contributed by atoms with van der Waals surface area (Å²) >= 11 is 0. The zero-order valence-electron chi connectivity index (χ0n) is 16.1. The van der Waals surface area contributed by atoms with Crippen LogP contribution < -0.4 is 5.32 Å². The number of aryl methyl sites for hydroxylation is 1. The maximum Gasteiger partial charge on any atom is 0.306 e. The molecule has 8 heteroatoms. The first-order valence-corrected chi connectivity index (χ1v) is 10.0. The second kappa shape index (κ2) is 7.94. The molecule has 29 heavy (non-hydrogen) atoms. The van der Waals surface area contributed by atoms with E-state index in [9.17, 15) is 19.2 Å². The van der Waals surface area contributed by atoms with Crippen LogP contribution in [0.3, 0.4) is 0 Å². The monoisotopic (exact) mass is 400 g/mol. The topological polar surface area (TPSA) is 113 Å². The fourth-order valence-electron chi connectivity index (χ4n) is 4.30. The van der Waals surface area contributed by atoms with E-state index in [2.05, 4.69) is 5.32 Å². The van der Waals surface area contributed by atoms with Gasteiger partial charge in [-0.15, -0.1) is 0 Å². The molecule has 3 aliphatic rings. The highest BCUT2D eigenvalue weighted by Gasteiger charge is 2.39. The highest BCUT2D eigenvalue weighted by atomic mass is 16.5. The normalized spacial score (nSPS) is 26.1. The third-order valence-electron chi connectivity index (χ3n) is 6.07. The van der Waals surface area contributed by atoms with E-state index in [0.29, 0.717) is 38.0 Å². The molecule has 154 valence electrons. The fourth-order valence-corrected chi connectivity index (χ4v) is 4.30. The van der Waals surface area contributed by atoms with Gasteiger partial charge in [-0.05, 0) is 49.3 Å². The molecule has 2 aliphatic heterocycles. The average molecular weight is 400 g/mol. The Hall–Kier alpha value is -2.74. The lowest BCUT2D eigenvalue weighted by Gasteiger charge is -2.32. The smallest absolute Gasteiger partial charge is 0.306 e. The molecule has 4 rings (SSSR count). The number of ether oxygens (including phenoxy) is 1. The van der Waals surface area contributed by atoms with Gasteiger partial charge in [-0.2, -0.15) is 0 Å². The van der Waals surface area contributed by atoms with Gasteiger partial charge >= 0.3 is 5.97 Å². The molecule has 2 fully saturated rings. The van der Waals surface area contributed by atoms with Crippen LogP contribution in [0.25, 0.3) is 0 Å². The van der Waals surface area contributed by atoms with Gasteiger partial charge in [0.15, 0.2) is 0 Å². The van der Waals surface area contributed by atoms with Crippen LogP contribution in [0.4, 0.5) is 0 Å². The third kappa shape index (κ3) is 3.89. The standard InChI is InChI=1S/C21H24N2O6/c24-18-7-6-17(19(25)22-18)23-11-16-12(3-1-5-15(16)20(23)26)4-2-8-29-14-9-13(10-14)21(27)28/h1,3,5,13-14,17H,2,4,6-11H2,(H,27,28)(H,22,24,25)/t13-,14+,17?. The molecule has 1 saturated heterocycles. The number of benzene rings is 1. The zero-order valence-corrected chi connectivity index (χ0v) is 16.1. The molecule has 0 radical (unpaired) electrons. The van der Waals surface area contributed by atoms with E-state index < -0.39 is 17.9 Å². The van der Waals surface area contributed by atoms with Crippen molar-refractivity contribution in [1.29, 1.82) is 0 Å². The second-order valence-corrected chi connectivity index (χ2v) is 7.95. The molecule has 1 atom stereocenters. The third-order valence-corrected chi connectivity index (χ3v) is 6.07. The summed E-state index contributed by atoms with van der Waals surface area (Å²) in [7, 11) is 0. The first-order valence-electron chi connectivity index (χ1n) is 10.0. The van der Waals surface area contributed by atoms with Crippen LogP contribution in [-0.4, -0.2) is 52.4 Å². The molecule has 0 aromatic heterocycles. The van der Waals surface area contributed by atoms with Crippen molar-refractivity contribution in [3.05, 3.63) is 34.9 Å². The van der Waals surface area contributed by atoms with Gasteiger partial charge in [-0.3, -0.25) is 24.5 Å². The first kappa shape index (κ1) is 19.6. The summed E-state index contributed by atoms with van der Waals surface area (Å²) in [5.74, 6) is -1.90. The van der Waals surface area contributed by atoms with Crippen molar-refractivity contribution in [3.63, 3.8) is 0 Å². The molecule has 2 heterocycles. The number of fused-ring (bicyclic) bond motifs is 1. The molecule has 1 unspecified atom stereocenters. The number of hydrogen-bond acceptors (Lipinski definition) is 5. The molecular weight excluding hydrogens is 376 g/mol. The summed E-state index contributed by atoms with van der Waals surface area (Å²) in [6.07, 6.45) is 3.29. The van der Waals surface area contributed by atoms with E-state index in [1.807, 2.05) is 12.1 Å². The Balaban J connectivity index is 1.33. The van der Waals surface area contributed by atoms with Gasteiger partial charge in [-0.1, -0.05) is 12.1 Å². The van der Waals surface area contributed by atoms with Gasteiger partial charge in [0.25, 0.3) is 5.91 Å². The summed E-state index contributed by atoms with van der Waals surface area (Å²) < 4.78 is 5.74. The van der Waals surface area contributed by atoms with E-state index in [0.717, 1.165) is 24.0 Å². The summed E-state index contributed by atoms with van der Waals surface area (Å²) in [6.45, 7) is 0.922. The molecule has 1 aromatic carbocycles. The van der Waals surface area contributed by atoms with Crippen LogP contribution in [0.2, 0.25) is 0 Å². The lowest BCUT2D eigenvalue weighted by molar-refractivity contribution is -0.151. The Morgan fingerprint density at radius 2 is 2.03 bits per heavy atom. The van der Waals surface area contributed by atoms with Gasteiger partial charge < -0.3 is 14.7 Å². The average Bonchev–Trinajstić information content (AvgIpc) is 2.97. The van der Waals surface area contributed by atoms with E-state index in [1.54, 1.807) is 11.0 Å². The van der Waals surface area contributed by atoms with Gasteiger partial charge in [0.1, 0.15) is 6.04 Å². The second-order valence-electron chi connectivity index (χ2n) is 7.95. The van der Waals surface area contributed by atoms with Crippen molar-refractivity contribution in [2.45, 2.75) is 57.2 Å². The van der Waals surface area contributed by atoms with Crippen molar-refractivity contribution >= 4 is 23.7 Å². The summed E-state index contributed by atoms with van der Waals surface area (Å²) in [4.78, 5) is 48.8. The highest BCUT2D eigenvalue weighted by Crippen LogP contribution is 2.32. The lowest BCUT2D eigenvalue weighted by Crippen LogP contribution is -2.52. The summed E-state index contributed by atoms with van der Waals surface area (Å²) in [6, 6.07) is 5.02. The van der Waals surface area contributed by atoms with Crippen molar-refractivity contribution in [2.75, 3.05) is 6.61 Å². The molecular formula is C21H24N2O6. The maximum atomic E-state index is 12.8. The Morgan fingerprint density at radius 1 is 1.24 bits per heavy atom. The number of carboxylic acid groups (broad SMARTS) is 1. The number of amides is 3. The van der Waals surface area contributed by atoms with Gasteiger partial charge in [0, 0.05) is 25.1 Å². The Morgan fingerprint density at radius 3 is 2.76 bits per heavy atom. The van der Waals surface area contributed by atoms with Crippen molar-refractivity contribution in [1.82, 2.24) is 10.2 Å². The number of nitrogens with zero attached hydrogens (tertiary/aromatic N) is 1. The quantitative estimate of drug-likeness (QED) is 0.526. The van der Waals surface area contributed by atoms with Crippen LogP contribution in [0, 0.1) is 5.92 Å². The van der Waals surface area contributed by atoms with Gasteiger partial charge in [0.05, 0.1) is 12.0 Å². The molecule has 0 bridgehead atoms. The Kier molecular flexibility index (Phi) is 5.36. The number of hydrogen-bond donors (Lipinski definition) is 2. The number of aliphatic carboxylic acids is 1. The van der Waals surface area contributed by atoms with Crippen LogP contribution in [0.5, 0.6) is 0 Å². The molecule has 0 spiro atoms. The van der Waals surface area contributed by atoms with E-state index in [-0.39, 0.29) is 30.3 Å². The molecule has 1 saturated carbocycles. The minimum Gasteiger partial charge on any atom is -0.481 e. The van der Waals surface area contributed by atoms with Crippen LogP contribution >= 0.6 is 0 Å². The number of piperidine rings is 1. The number of carboxylic acids is 1. The largest absolute Gasteiger partial charge is 0.481 e. The van der Waals surface area contributed by atoms with Gasteiger partial charge in [-0.25, -0.2) is 0 Å². The molecule has 1 aliphatic carbocycles. The van der Waals surface area contributed by atoms with E-state index in [1.165, 1.54) is 0 Å². The van der Waals surface area contributed by atoms with E-state index >= 15 is 0 Å². The van der Waals surface area contributed by atoms with Crippen molar-refractivity contribution < 1.29 is 29.0 Å².